The number of hydrogen-bond acceptors (Lipinski definition) is 3. The van der Waals surface area contributed by atoms with Gasteiger partial charge in [0, 0.05) is 12.1 Å². The molecule has 0 radical (unpaired) electrons. The first kappa shape index (κ1) is 12.8. The van der Waals surface area contributed by atoms with E-state index in [1.165, 1.54) is 0 Å². The van der Waals surface area contributed by atoms with E-state index in [4.69, 9.17) is 5.11 Å². The molecule has 1 aromatic carbocycles. The van der Waals surface area contributed by atoms with Crippen molar-refractivity contribution in [2.45, 2.75) is 12.5 Å². The van der Waals surface area contributed by atoms with Gasteiger partial charge in [-0.1, -0.05) is 0 Å². The molecule has 16 heavy (non-hydrogen) atoms. The molecule has 0 unspecified atom stereocenters. The average Bonchev–Trinajstić information content (AvgIpc) is 2.23. The largest absolute Gasteiger partial charge is 0.508 e. The van der Waals surface area contributed by atoms with Crippen LogP contribution in [0.4, 0.5) is 13.2 Å². The van der Waals surface area contributed by atoms with E-state index in [0.29, 0.717) is 0 Å². The van der Waals surface area contributed by atoms with E-state index < -0.39 is 24.9 Å². The third kappa shape index (κ3) is 3.71. The number of phenols is 1. The summed E-state index contributed by atoms with van der Waals surface area (Å²) in [6, 6.07) is 3.27. The molecule has 0 aliphatic rings. The predicted molar refractivity (Wildman–Crippen MR) is 51.8 cm³/mol. The van der Waals surface area contributed by atoms with Crippen LogP contribution < -0.4 is 5.32 Å². The highest BCUT2D eigenvalue weighted by Crippen LogP contribution is 2.18. The first-order chi connectivity index (χ1) is 7.44. The van der Waals surface area contributed by atoms with E-state index >= 15 is 0 Å². The van der Waals surface area contributed by atoms with Crippen LogP contribution in [0.3, 0.4) is 0 Å². The van der Waals surface area contributed by atoms with Crippen molar-refractivity contribution in [2.75, 3.05) is 13.2 Å². The van der Waals surface area contributed by atoms with Crippen molar-refractivity contribution in [3.63, 3.8) is 0 Å². The minimum Gasteiger partial charge on any atom is -0.508 e. The highest BCUT2D eigenvalue weighted by molar-refractivity contribution is 5.32. The Hall–Kier alpha value is -1.27. The van der Waals surface area contributed by atoms with Gasteiger partial charge in [0.05, 0.1) is 6.54 Å². The van der Waals surface area contributed by atoms with Crippen LogP contribution in [0.2, 0.25) is 0 Å². The molecule has 90 valence electrons. The number of alkyl halides is 2. The smallest absolute Gasteiger partial charge is 0.282 e. The number of aliphatic hydroxyl groups is 1. The average molecular weight is 235 g/mol. The van der Waals surface area contributed by atoms with Crippen LogP contribution in [0, 0.1) is 5.82 Å². The molecule has 0 bridgehead atoms. The standard InChI is InChI=1S/C10H12F3NO2/c11-8-1-2-9(16)7(3-8)4-14-5-10(12,13)6-15/h1-3,14-16H,4-6H2. The van der Waals surface area contributed by atoms with E-state index in [0.717, 1.165) is 18.2 Å². The molecule has 1 aromatic rings. The van der Waals surface area contributed by atoms with Gasteiger partial charge < -0.3 is 15.5 Å². The SMILES string of the molecule is OCC(F)(F)CNCc1cc(F)ccc1O. The molecule has 0 aliphatic heterocycles. The Kier molecular flexibility index (Phi) is 4.14. The fourth-order valence-corrected chi connectivity index (χ4v) is 1.13. The molecule has 3 N–H and O–H groups in total. The molecule has 1 rings (SSSR count). The Labute approximate surface area is 90.5 Å². The van der Waals surface area contributed by atoms with Crippen molar-refractivity contribution in [2.24, 2.45) is 0 Å². The molecule has 0 aromatic heterocycles. The second kappa shape index (κ2) is 5.18. The molecule has 0 heterocycles. The quantitative estimate of drug-likeness (QED) is 0.720. The molecule has 3 nitrogen and oxygen atoms in total. The van der Waals surface area contributed by atoms with Gasteiger partial charge in [0.25, 0.3) is 5.92 Å². The first-order valence-corrected chi connectivity index (χ1v) is 4.61. The third-order valence-corrected chi connectivity index (χ3v) is 1.97. The summed E-state index contributed by atoms with van der Waals surface area (Å²) < 4.78 is 37.9. The summed E-state index contributed by atoms with van der Waals surface area (Å²) in [5.41, 5.74) is 0.189. The number of benzene rings is 1. The van der Waals surface area contributed by atoms with Crippen LogP contribution >= 0.6 is 0 Å². The maximum Gasteiger partial charge on any atom is 0.282 e. The van der Waals surface area contributed by atoms with E-state index in [9.17, 15) is 18.3 Å². The zero-order chi connectivity index (χ0) is 12.2. The summed E-state index contributed by atoms with van der Waals surface area (Å²) in [7, 11) is 0. The van der Waals surface area contributed by atoms with Gasteiger partial charge in [-0.2, -0.15) is 0 Å². The van der Waals surface area contributed by atoms with Crippen molar-refractivity contribution in [1.82, 2.24) is 5.32 Å². The molecule has 0 fully saturated rings. The molecular weight excluding hydrogens is 223 g/mol. The van der Waals surface area contributed by atoms with E-state index in [-0.39, 0.29) is 17.9 Å². The molecule has 6 heteroatoms. The fourth-order valence-electron chi connectivity index (χ4n) is 1.13. The molecule has 0 saturated heterocycles. The van der Waals surface area contributed by atoms with Gasteiger partial charge in [-0.25, -0.2) is 13.2 Å². The van der Waals surface area contributed by atoms with Crippen LogP contribution in [-0.4, -0.2) is 29.3 Å². The first-order valence-electron chi connectivity index (χ1n) is 4.61. The minimum atomic E-state index is -3.22. The van der Waals surface area contributed by atoms with E-state index in [1.807, 2.05) is 0 Å². The minimum absolute atomic E-state index is 0.0980. The van der Waals surface area contributed by atoms with E-state index in [2.05, 4.69) is 5.32 Å². The zero-order valence-corrected chi connectivity index (χ0v) is 8.38. The highest BCUT2D eigenvalue weighted by atomic mass is 19.3. The van der Waals surface area contributed by atoms with Gasteiger partial charge in [0.1, 0.15) is 18.2 Å². The van der Waals surface area contributed by atoms with Crippen molar-refractivity contribution >= 4 is 0 Å². The Morgan fingerprint density at radius 2 is 2.00 bits per heavy atom. The van der Waals surface area contributed by atoms with Gasteiger partial charge in [-0.15, -0.1) is 0 Å². The van der Waals surface area contributed by atoms with Crippen molar-refractivity contribution in [3.05, 3.63) is 29.6 Å². The number of aromatic hydroxyl groups is 1. The summed E-state index contributed by atoms with van der Waals surface area (Å²) in [6.45, 7) is -2.09. The van der Waals surface area contributed by atoms with Crippen LogP contribution in [-0.2, 0) is 6.54 Å². The molecule has 0 amide bonds. The van der Waals surface area contributed by atoms with Gasteiger partial charge in [-0.3, -0.25) is 0 Å². The molecule has 0 aliphatic carbocycles. The maximum absolute atomic E-state index is 12.7. The normalized spacial score (nSPS) is 11.8. The summed E-state index contributed by atoms with van der Waals surface area (Å²) in [5.74, 6) is -3.94. The molecule has 0 saturated carbocycles. The van der Waals surface area contributed by atoms with Gasteiger partial charge in [0.2, 0.25) is 0 Å². The lowest BCUT2D eigenvalue weighted by atomic mass is 10.2. The number of nitrogens with one attached hydrogen (secondary N) is 1. The number of aliphatic hydroxyl groups excluding tert-OH is 1. The Bertz CT molecular complexity index is 358. The number of hydrogen-bond donors (Lipinski definition) is 3. The van der Waals surface area contributed by atoms with Crippen molar-refractivity contribution in [1.29, 1.82) is 0 Å². The zero-order valence-electron chi connectivity index (χ0n) is 8.38. The van der Waals surface area contributed by atoms with Crippen molar-refractivity contribution < 1.29 is 23.4 Å². The summed E-state index contributed by atoms with van der Waals surface area (Å²) in [4.78, 5) is 0. The molecule has 0 atom stereocenters. The fraction of sp³-hybridized carbons (Fsp3) is 0.400. The van der Waals surface area contributed by atoms with Crippen LogP contribution in [0.15, 0.2) is 18.2 Å². The number of halogens is 3. The second-order valence-corrected chi connectivity index (χ2v) is 3.39. The summed E-state index contributed by atoms with van der Waals surface area (Å²) in [5, 5.41) is 19.9. The van der Waals surface area contributed by atoms with Gasteiger partial charge in [-0.05, 0) is 18.2 Å². The Morgan fingerprint density at radius 3 is 2.62 bits per heavy atom. The Morgan fingerprint density at radius 1 is 1.31 bits per heavy atom. The number of rotatable bonds is 5. The lowest BCUT2D eigenvalue weighted by Crippen LogP contribution is -2.35. The third-order valence-electron chi connectivity index (χ3n) is 1.97. The van der Waals surface area contributed by atoms with Gasteiger partial charge in [0.15, 0.2) is 0 Å². The van der Waals surface area contributed by atoms with Crippen LogP contribution in [0.25, 0.3) is 0 Å². The van der Waals surface area contributed by atoms with Crippen LogP contribution in [0.1, 0.15) is 5.56 Å². The topological polar surface area (TPSA) is 52.5 Å². The van der Waals surface area contributed by atoms with E-state index in [1.54, 1.807) is 0 Å². The van der Waals surface area contributed by atoms with Crippen molar-refractivity contribution in [3.8, 4) is 5.75 Å². The molecular formula is C10H12F3NO2. The van der Waals surface area contributed by atoms with Crippen LogP contribution in [0.5, 0.6) is 5.75 Å². The van der Waals surface area contributed by atoms with Gasteiger partial charge >= 0.3 is 0 Å². The summed E-state index contributed by atoms with van der Waals surface area (Å²) >= 11 is 0. The summed E-state index contributed by atoms with van der Waals surface area (Å²) in [6.07, 6.45) is 0. The monoisotopic (exact) mass is 235 g/mol. The lowest BCUT2D eigenvalue weighted by molar-refractivity contribution is -0.0478. The highest BCUT2D eigenvalue weighted by Gasteiger charge is 2.26. The molecule has 0 spiro atoms. The number of phenolic OH excluding ortho intramolecular Hbond substituents is 1. The predicted octanol–water partition coefficient (Wildman–Crippen LogP) is 1.25. The lowest BCUT2D eigenvalue weighted by Gasteiger charge is -2.14. The Balaban J connectivity index is 2.52. The second-order valence-electron chi connectivity index (χ2n) is 3.39. The maximum atomic E-state index is 12.7.